The third-order valence-electron chi connectivity index (χ3n) is 2.65. The summed E-state index contributed by atoms with van der Waals surface area (Å²) in [5.41, 5.74) is 2.05. The van der Waals surface area contributed by atoms with Gasteiger partial charge in [0.1, 0.15) is 17.3 Å². The molecule has 0 aromatic heterocycles. The van der Waals surface area contributed by atoms with E-state index in [2.05, 4.69) is 0 Å². The summed E-state index contributed by atoms with van der Waals surface area (Å²) in [4.78, 5) is -0.126. The number of ether oxygens (including phenoxy) is 1. The lowest BCUT2D eigenvalue weighted by molar-refractivity contribution is 0.298. The van der Waals surface area contributed by atoms with Crippen molar-refractivity contribution in [1.82, 2.24) is 0 Å². The number of hydrogen-bond acceptors (Lipinski definition) is 3. The lowest BCUT2D eigenvalue weighted by atomic mass is 10.1. The van der Waals surface area contributed by atoms with E-state index in [4.69, 9.17) is 27.0 Å². The second kappa shape index (κ2) is 6.04. The first kappa shape index (κ1) is 15.2. The molecule has 3 nitrogen and oxygen atoms in total. The Balaban J connectivity index is 2.26. The van der Waals surface area contributed by atoms with Gasteiger partial charge in [0.2, 0.25) is 0 Å². The van der Waals surface area contributed by atoms with E-state index in [1.54, 1.807) is 6.07 Å². The molecule has 2 rings (SSSR count). The summed E-state index contributed by atoms with van der Waals surface area (Å²) in [5, 5.41) is 0.284. The molecule has 0 radical (unpaired) electrons. The molecule has 0 aliphatic heterocycles. The maximum absolute atomic E-state index is 11.5. The number of benzene rings is 2. The molecule has 106 valence electrons. The number of rotatable bonds is 4. The third kappa shape index (κ3) is 3.88. The molecule has 0 saturated carbocycles. The molecule has 2 aromatic carbocycles. The van der Waals surface area contributed by atoms with E-state index in [0.717, 1.165) is 11.1 Å². The van der Waals surface area contributed by atoms with Crippen molar-refractivity contribution in [1.29, 1.82) is 0 Å². The Morgan fingerprint density at radius 3 is 2.55 bits per heavy atom. The fourth-order valence-electron chi connectivity index (χ4n) is 1.75. The lowest BCUT2D eigenvalue weighted by Crippen LogP contribution is -2.01. The molecule has 2 aromatic rings. The van der Waals surface area contributed by atoms with Crippen molar-refractivity contribution < 1.29 is 13.2 Å². The van der Waals surface area contributed by atoms with Crippen molar-refractivity contribution in [3.05, 3.63) is 58.6 Å². The van der Waals surface area contributed by atoms with Crippen LogP contribution in [0.25, 0.3) is 0 Å². The van der Waals surface area contributed by atoms with E-state index in [-0.39, 0.29) is 22.3 Å². The normalized spacial score (nSPS) is 11.3. The molecule has 0 aliphatic rings. The van der Waals surface area contributed by atoms with Crippen LogP contribution < -0.4 is 4.74 Å². The summed E-state index contributed by atoms with van der Waals surface area (Å²) >= 11 is 5.78. The predicted molar refractivity (Wildman–Crippen MR) is 80.0 cm³/mol. The van der Waals surface area contributed by atoms with Gasteiger partial charge in [-0.15, -0.1) is 0 Å². The highest BCUT2D eigenvalue weighted by atomic mass is 35.7. The lowest BCUT2D eigenvalue weighted by Gasteiger charge is -2.10. The average molecular weight is 331 g/mol. The molecule has 0 atom stereocenters. The predicted octanol–water partition coefficient (Wildman–Crippen LogP) is 4.15. The quantitative estimate of drug-likeness (QED) is 0.790. The topological polar surface area (TPSA) is 43.4 Å². The fraction of sp³-hybridized carbons (Fsp3) is 0.143. The monoisotopic (exact) mass is 330 g/mol. The minimum Gasteiger partial charge on any atom is -0.487 e. The Morgan fingerprint density at radius 1 is 1.15 bits per heavy atom. The third-order valence-corrected chi connectivity index (χ3v) is 4.22. The SMILES string of the molecule is Cc1cccc(COc2ccc(Cl)cc2S(=O)(=O)Cl)c1. The van der Waals surface area contributed by atoms with Crippen LogP contribution in [0.4, 0.5) is 0 Å². The van der Waals surface area contributed by atoms with Crippen molar-refractivity contribution in [2.45, 2.75) is 18.4 Å². The van der Waals surface area contributed by atoms with Crippen LogP contribution in [0, 0.1) is 6.92 Å². The Morgan fingerprint density at radius 2 is 1.90 bits per heavy atom. The van der Waals surface area contributed by atoms with Gasteiger partial charge in [0.05, 0.1) is 0 Å². The smallest absolute Gasteiger partial charge is 0.265 e. The summed E-state index contributed by atoms with van der Waals surface area (Å²) in [6, 6.07) is 12.1. The van der Waals surface area contributed by atoms with E-state index in [1.165, 1.54) is 12.1 Å². The van der Waals surface area contributed by atoms with Gasteiger partial charge in [0.25, 0.3) is 9.05 Å². The van der Waals surface area contributed by atoms with Crippen LogP contribution in [0.15, 0.2) is 47.4 Å². The summed E-state index contributed by atoms with van der Waals surface area (Å²) < 4.78 is 28.5. The van der Waals surface area contributed by atoms with Crippen LogP contribution in [0.1, 0.15) is 11.1 Å². The first-order chi connectivity index (χ1) is 9.36. The molecule has 0 aliphatic carbocycles. The minimum absolute atomic E-state index is 0.126. The van der Waals surface area contributed by atoms with Crippen molar-refractivity contribution in [3.8, 4) is 5.75 Å². The van der Waals surface area contributed by atoms with Crippen LogP contribution in [0.3, 0.4) is 0 Å². The molecular weight excluding hydrogens is 319 g/mol. The average Bonchev–Trinajstić information content (AvgIpc) is 2.36. The zero-order valence-corrected chi connectivity index (χ0v) is 13.0. The van der Waals surface area contributed by atoms with Crippen LogP contribution in [-0.2, 0) is 15.7 Å². The molecule has 0 spiro atoms. The summed E-state index contributed by atoms with van der Waals surface area (Å²) in [6.07, 6.45) is 0. The Labute approximate surface area is 127 Å². The number of halogens is 2. The molecule has 0 amide bonds. The first-order valence-electron chi connectivity index (χ1n) is 5.79. The van der Waals surface area contributed by atoms with Crippen LogP contribution >= 0.6 is 22.3 Å². The van der Waals surface area contributed by atoms with Gasteiger partial charge in [-0.3, -0.25) is 0 Å². The molecule has 0 N–H and O–H groups in total. The van der Waals surface area contributed by atoms with Crippen molar-refractivity contribution in [3.63, 3.8) is 0 Å². The van der Waals surface area contributed by atoms with Gasteiger partial charge in [-0.25, -0.2) is 8.42 Å². The first-order valence-corrected chi connectivity index (χ1v) is 8.47. The van der Waals surface area contributed by atoms with Crippen LogP contribution in [-0.4, -0.2) is 8.42 Å². The van der Waals surface area contributed by atoms with Crippen molar-refractivity contribution in [2.75, 3.05) is 0 Å². The van der Waals surface area contributed by atoms with E-state index >= 15 is 0 Å². The van der Waals surface area contributed by atoms with Gasteiger partial charge in [-0.1, -0.05) is 41.4 Å². The minimum atomic E-state index is -3.91. The second-order valence-corrected chi connectivity index (χ2v) is 7.28. The number of aryl methyl sites for hydroxylation is 1. The summed E-state index contributed by atoms with van der Waals surface area (Å²) in [5.74, 6) is 0.186. The molecular formula is C14H12Cl2O3S. The molecule has 0 heterocycles. The Hall–Kier alpha value is -1.23. The molecule has 6 heteroatoms. The van der Waals surface area contributed by atoms with Crippen LogP contribution in [0.5, 0.6) is 5.75 Å². The standard InChI is InChI=1S/C14H12Cl2O3S/c1-10-3-2-4-11(7-10)9-19-13-6-5-12(15)8-14(13)20(16,17)18/h2-8H,9H2,1H3. The van der Waals surface area contributed by atoms with Gasteiger partial charge >= 0.3 is 0 Å². The van der Waals surface area contributed by atoms with Gasteiger partial charge in [0, 0.05) is 15.7 Å². The van der Waals surface area contributed by atoms with Crippen LogP contribution in [0.2, 0.25) is 5.02 Å². The van der Waals surface area contributed by atoms with E-state index in [1.807, 2.05) is 31.2 Å². The van der Waals surface area contributed by atoms with Crippen molar-refractivity contribution >= 4 is 31.3 Å². The largest absolute Gasteiger partial charge is 0.487 e. The fourth-order valence-corrected chi connectivity index (χ4v) is 2.99. The zero-order valence-electron chi connectivity index (χ0n) is 10.6. The van der Waals surface area contributed by atoms with Gasteiger partial charge in [0.15, 0.2) is 0 Å². The molecule has 0 fully saturated rings. The van der Waals surface area contributed by atoms with Gasteiger partial charge in [-0.2, -0.15) is 0 Å². The molecule has 0 saturated heterocycles. The highest BCUT2D eigenvalue weighted by Crippen LogP contribution is 2.30. The highest BCUT2D eigenvalue weighted by Gasteiger charge is 2.17. The van der Waals surface area contributed by atoms with E-state index < -0.39 is 9.05 Å². The Kier molecular flexibility index (Phi) is 4.58. The highest BCUT2D eigenvalue weighted by molar-refractivity contribution is 8.13. The summed E-state index contributed by atoms with van der Waals surface area (Å²) in [6.45, 7) is 2.23. The molecule has 0 unspecified atom stereocenters. The van der Waals surface area contributed by atoms with Crippen molar-refractivity contribution in [2.24, 2.45) is 0 Å². The van der Waals surface area contributed by atoms with E-state index in [9.17, 15) is 8.42 Å². The molecule has 20 heavy (non-hydrogen) atoms. The maximum Gasteiger partial charge on any atom is 0.265 e. The zero-order chi connectivity index (χ0) is 14.8. The van der Waals surface area contributed by atoms with Gasteiger partial charge in [-0.05, 0) is 30.7 Å². The number of hydrogen-bond donors (Lipinski definition) is 0. The second-order valence-electron chi connectivity index (χ2n) is 4.31. The molecule has 0 bridgehead atoms. The maximum atomic E-state index is 11.5. The Bertz CT molecular complexity index is 727. The summed E-state index contributed by atoms with van der Waals surface area (Å²) in [7, 11) is 1.47. The van der Waals surface area contributed by atoms with Gasteiger partial charge < -0.3 is 4.74 Å². The van der Waals surface area contributed by atoms with E-state index in [0.29, 0.717) is 0 Å².